The zero-order valence-corrected chi connectivity index (χ0v) is 11.3. The molecule has 2 aromatic rings. The van der Waals surface area contributed by atoms with Crippen LogP contribution in [0.1, 0.15) is 22.3 Å². The minimum absolute atomic E-state index is 0.0902. The molecule has 0 aliphatic heterocycles. The second-order valence-corrected chi connectivity index (χ2v) is 5.20. The van der Waals surface area contributed by atoms with Gasteiger partial charge in [0.05, 0.1) is 10.9 Å². The third kappa shape index (κ3) is 3.27. The molecular weight excluding hydrogens is 244 g/mol. The van der Waals surface area contributed by atoms with E-state index in [0.717, 1.165) is 22.2 Å². The number of aryl methyl sites for hydroxylation is 2. The first-order valence-corrected chi connectivity index (χ1v) is 6.67. The Morgan fingerprint density at radius 3 is 2.50 bits per heavy atom. The van der Waals surface area contributed by atoms with Gasteiger partial charge in [0.1, 0.15) is 0 Å². The Hall–Kier alpha value is -1.46. The summed E-state index contributed by atoms with van der Waals surface area (Å²) in [5.41, 5.74) is 8.73. The van der Waals surface area contributed by atoms with Crippen molar-refractivity contribution in [1.82, 2.24) is 15.0 Å². The average Bonchev–Trinajstić information content (AvgIpc) is 2.36. The van der Waals surface area contributed by atoms with E-state index in [1.54, 1.807) is 18.0 Å². The molecule has 0 bridgehead atoms. The lowest BCUT2D eigenvalue weighted by atomic mass is 10.3. The van der Waals surface area contributed by atoms with E-state index in [-0.39, 0.29) is 5.25 Å². The molecule has 0 aliphatic rings. The molecule has 1 atom stereocenters. The molecule has 2 heterocycles. The normalized spacial score (nSPS) is 12.4. The maximum Gasteiger partial charge on any atom is 0.188 e. The van der Waals surface area contributed by atoms with Crippen LogP contribution < -0.4 is 5.73 Å². The lowest BCUT2D eigenvalue weighted by Crippen LogP contribution is -2.11. The number of nitrogens with zero attached hydrogens (tertiary/aromatic N) is 3. The minimum atomic E-state index is 0.0902. The minimum Gasteiger partial charge on any atom is -0.329 e. The number of rotatable bonds is 4. The number of hydrogen-bond acceptors (Lipinski definition) is 5. The highest BCUT2D eigenvalue weighted by Gasteiger charge is 2.14. The molecule has 0 radical (unpaired) electrons. The quantitative estimate of drug-likeness (QED) is 0.675. The van der Waals surface area contributed by atoms with Crippen LogP contribution in [0.5, 0.6) is 0 Å². The SMILES string of the molecule is Cc1cc(C)nc(SC(CN)c2ccccn2)n1. The van der Waals surface area contributed by atoms with Crippen LogP contribution in [-0.4, -0.2) is 21.5 Å². The van der Waals surface area contributed by atoms with Crippen molar-refractivity contribution in [2.24, 2.45) is 5.73 Å². The summed E-state index contributed by atoms with van der Waals surface area (Å²) in [6.07, 6.45) is 1.78. The summed E-state index contributed by atoms with van der Waals surface area (Å²) in [5, 5.41) is 0.848. The first-order chi connectivity index (χ1) is 8.69. The fourth-order valence-corrected chi connectivity index (χ4v) is 2.67. The van der Waals surface area contributed by atoms with Gasteiger partial charge < -0.3 is 5.73 Å². The molecule has 5 heteroatoms. The second-order valence-electron chi connectivity index (χ2n) is 4.03. The highest BCUT2D eigenvalue weighted by molar-refractivity contribution is 7.99. The summed E-state index contributed by atoms with van der Waals surface area (Å²) < 4.78 is 0. The van der Waals surface area contributed by atoms with Crippen LogP contribution in [0.25, 0.3) is 0 Å². The Morgan fingerprint density at radius 2 is 1.94 bits per heavy atom. The summed E-state index contributed by atoms with van der Waals surface area (Å²) in [5.74, 6) is 0. The van der Waals surface area contributed by atoms with E-state index < -0.39 is 0 Å². The van der Waals surface area contributed by atoms with Crippen molar-refractivity contribution < 1.29 is 0 Å². The molecule has 0 amide bonds. The predicted octanol–water partition coefficient (Wildman–Crippen LogP) is 2.28. The van der Waals surface area contributed by atoms with Crippen molar-refractivity contribution in [2.75, 3.05) is 6.54 Å². The van der Waals surface area contributed by atoms with Gasteiger partial charge in [0.25, 0.3) is 0 Å². The molecule has 18 heavy (non-hydrogen) atoms. The van der Waals surface area contributed by atoms with E-state index >= 15 is 0 Å². The molecule has 0 spiro atoms. The van der Waals surface area contributed by atoms with Gasteiger partial charge in [-0.1, -0.05) is 17.8 Å². The van der Waals surface area contributed by atoms with Gasteiger partial charge in [-0.05, 0) is 32.0 Å². The molecule has 0 aromatic carbocycles. The van der Waals surface area contributed by atoms with Crippen molar-refractivity contribution in [3.8, 4) is 0 Å². The van der Waals surface area contributed by atoms with Crippen LogP contribution in [0.15, 0.2) is 35.6 Å². The Kier molecular flexibility index (Phi) is 4.28. The summed E-state index contributed by atoms with van der Waals surface area (Å²) in [4.78, 5) is 13.2. The molecule has 94 valence electrons. The second kappa shape index (κ2) is 5.93. The predicted molar refractivity (Wildman–Crippen MR) is 73.4 cm³/mol. The third-order valence-corrected chi connectivity index (χ3v) is 3.55. The molecule has 2 aromatic heterocycles. The van der Waals surface area contributed by atoms with Crippen LogP contribution in [0.4, 0.5) is 0 Å². The monoisotopic (exact) mass is 260 g/mol. The van der Waals surface area contributed by atoms with Crippen molar-refractivity contribution >= 4 is 11.8 Å². The highest BCUT2D eigenvalue weighted by atomic mass is 32.2. The van der Waals surface area contributed by atoms with Gasteiger partial charge in [-0.15, -0.1) is 0 Å². The molecule has 2 rings (SSSR count). The zero-order valence-electron chi connectivity index (χ0n) is 10.5. The summed E-state index contributed by atoms with van der Waals surface area (Å²) in [6, 6.07) is 7.80. The summed E-state index contributed by atoms with van der Waals surface area (Å²) >= 11 is 1.56. The average molecular weight is 260 g/mol. The first kappa shape index (κ1) is 13.0. The number of hydrogen-bond donors (Lipinski definition) is 1. The van der Waals surface area contributed by atoms with Gasteiger partial charge in [0, 0.05) is 24.1 Å². The maximum absolute atomic E-state index is 5.81. The van der Waals surface area contributed by atoms with Crippen LogP contribution >= 0.6 is 11.8 Å². The smallest absolute Gasteiger partial charge is 0.188 e. The standard InChI is InChI=1S/C13H16N4S/c1-9-7-10(2)17-13(16-9)18-12(8-14)11-5-3-4-6-15-11/h3-7,12H,8,14H2,1-2H3. The number of pyridine rings is 1. The Bertz CT molecular complexity index is 495. The van der Waals surface area contributed by atoms with Crippen LogP contribution in [0, 0.1) is 13.8 Å². The Morgan fingerprint density at radius 1 is 1.22 bits per heavy atom. The summed E-state index contributed by atoms with van der Waals surface area (Å²) in [6.45, 7) is 4.45. The fraction of sp³-hybridized carbons (Fsp3) is 0.308. The number of thioether (sulfide) groups is 1. The highest BCUT2D eigenvalue weighted by Crippen LogP contribution is 2.31. The van der Waals surface area contributed by atoms with Gasteiger partial charge >= 0.3 is 0 Å². The van der Waals surface area contributed by atoms with Crippen LogP contribution in [0.3, 0.4) is 0 Å². The largest absolute Gasteiger partial charge is 0.329 e. The van der Waals surface area contributed by atoms with Crippen molar-refractivity contribution in [3.63, 3.8) is 0 Å². The first-order valence-electron chi connectivity index (χ1n) is 5.79. The van der Waals surface area contributed by atoms with Crippen molar-refractivity contribution in [1.29, 1.82) is 0 Å². The van der Waals surface area contributed by atoms with Gasteiger partial charge in [0.15, 0.2) is 5.16 Å². The summed E-state index contributed by atoms with van der Waals surface area (Å²) in [7, 11) is 0. The topological polar surface area (TPSA) is 64.7 Å². The van der Waals surface area contributed by atoms with Gasteiger partial charge in [-0.3, -0.25) is 4.98 Å². The number of aromatic nitrogens is 3. The van der Waals surface area contributed by atoms with Crippen molar-refractivity contribution in [3.05, 3.63) is 47.5 Å². The molecule has 0 saturated heterocycles. The Labute approximate surface area is 111 Å². The van der Waals surface area contributed by atoms with E-state index in [2.05, 4.69) is 15.0 Å². The zero-order chi connectivity index (χ0) is 13.0. The van der Waals surface area contributed by atoms with Gasteiger partial charge in [-0.25, -0.2) is 9.97 Å². The van der Waals surface area contributed by atoms with Crippen LogP contribution in [-0.2, 0) is 0 Å². The molecule has 2 N–H and O–H groups in total. The van der Waals surface area contributed by atoms with Gasteiger partial charge in [-0.2, -0.15) is 0 Å². The molecular formula is C13H16N4S. The molecule has 0 fully saturated rings. The number of nitrogens with two attached hydrogens (primary N) is 1. The van der Waals surface area contributed by atoms with E-state index in [1.807, 2.05) is 38.1 Å². The fourth-order valence-electron chi connectivity index (χ4n) is 1.67. The van der Waals surface area contributed by atoms with Gasteiger partial charge in [0.2, 0.25) is 0 Å². The van der Waals surface area contributed by atoms with E-state index in [9.17, 15) is 0 Å². The van der Waals surface area contributed by atoms with Crippen molar-refractivity contribution in [2.45, 2.75) is 24.3 Å². The molecule has 4 nitrogen and oxygen atoms in total. The van der Waals surface area contributed by atoms with E-state index in [1.165, 1.54) is 0 Å². The molecule has 1 unspecified atom stereocenters. The Balaban J connectivity index is 2.20. The molecule has 0 saturated carbocycles. The van der Waals surface area contributed by atoms with E-state index in [0.29, 0.717) is 6.54 Å². The van der Waals surface area contributed by atoms with Crippen LogP contribution in [0.2, 0.25) is 0 Å². The lowest BCUT2D eigenvalue weighted by molar-refractivity contribution is 0.862. The van der Waals surface area contributed by atoms with E-state index in [4.69, 9.17) is 5.73 Å². The maximum atomic E-state index is 5.81. The third-order valence-electron chi connectivity index (χ3n) is 2.44. The lowest BCUT2D eigenvalue weighted by Gasteiger charge is -2.13. The molecule has 0 aliphatic carbocycles.